The zero-order valence-electron chi connectivity index (χ0n) is 25.1. The predicted molar refractivity (Wildman–Crippen MR) is 182 cm³/mol. The summed E-state index contributed by atoms with van der Waals surface area (Å²) < 4.78 is 5.98. The van der Waals surface area contributed by atoms with Crippen molar-refractivity contribution in [2.45, 2.75) is 19.0 Å². The largest absolute Gasteiger partial charge is 0.492 e. The maximum Gasteiger partial charge on any atom is 0.326 e. The van der Waals surface area contributed by atoms with E-state index in [9.17, 15) is 19.5 Å². The van der Waals surface area contributed by atoms with E-state index < -0.39 is 12.0 Å². The van der Waals surface area contributed by atoms with Gasteiger partial charge in [0.05, 0.1) is 6.54 Å². The average molecular weight is 631 g/mol. The van der Waals surface area contributed by atoms with E-state index in [4.69, 9.17) is 4.74 Å². The summed E-state index contributed by atoms with van der Waals surface area (Å²) >= 11 is 1.57. The number of anilines is 1. The van der Waals surface area contributed by atoms with Crippen molar-refractivity contribution in [3.05, 3.63) is 160 Å². The van der Waals surface area contributed by atoms with Crippen LogP contribution in [0.1, 0.15) is 31.9 Å². The maximum absolute atomic E-state index is 13.1. The molecule has 7 nitrogen and oxygen atoms in total. The highest BCUT2D eigenvalue weighted by molar-refractivity contribution is 7.10. The van der Waals surface area contributed by atoms with Gasteiger partial charge in [-0.1, -0.05) is 91.0 Å². The van der Waals surface area contributed by atoms with Gasteiger partial charge in [-0.2, -0.15) is 0 Å². The highest BCUT2D eigenvalue weighted by Gasteiger charge is 2.21. The molecule has 0 fully saturated rings. The number of hydrogen-bond donors (Lipinski definition) is 2. The van der Waals surface area contributed by atoms with Gasteiger partial charge in [-0.25, -0.2) is 4.79 Å². The van der Waals surface area contributed by atoms with Gasteiger partial charge in [0.15, 0.2) is 5.78 Å². The molecule has 232 valence electrons. The summed E-state index contributed by atoms with van der Waals surface area (Å²) in [5.41, 5.74) is 3.22. The van der Waals surface area contributed by atoms with Gasteiger partial charge in [-0.15, -0.1) is 11.3 Å². The van der Waals surface area contributed by atoms with Gasteiger partial charge in [0.25, 0.3) is 0 Å². The van der Waals surface area contributed by atoms with Gasteiger partial charge in [-0.3, -0.25) is 9.59 Å². The number of para-hydroxylation sites is 1. The van der Waals surface area contributed by atoms with E-state index in [2.05, 4.69) is 5.32 Å². The quantitative estimate of drug-likeness (QED) is 0.0938. The van der Waals surface area contributed by atoms with E-state index in [0.29, 0.717) is 35.7 Å². The Morgan fingerprint density at radius 2 is 1.50 bits per heavy atom. The number of carbonyl (C=O) groups is 3. The number of carboxylic acids is 1. The third-order valence-electron chi connectivity index (χ3n) is 7.29. The van der Waals surface area contributed by atoms with Crippen molar-refractivity contribution >= 4 is 40.8 Å². The normalized spacial score (nSPS) is 11.6. The molecule has 2 N–H and O–H groups in total. The van der Waals surface area contributed by atoms with E-state index >= 15 is 0 Å². The van der Waals surface area contributed by atoms with Crippen LogP contribution in [0.4, 0.5) is 5.69 Å². The number of thiophene rings is 1. The van der Waals surface area contributed by atoms with Crippen LogP contribution in [0.3, 0.4) is 0 Å². The molecule has 0 unspecified atom stereocenters. The van der Waals surface area contributed by atoms with Gasteiger partial charge < -0.3 is 20.1 Å². The van der Waals surface area contributed by atoms with Crippen molar-refractivity contribution in [3.8, 4) is 5.75 Å². The summed E-state index contributed by atoms with van der Waals surface area (Å²) in [6.07, 6.45) is 3.61. The molecule has 0 spiro atoms. The van der Waals surface area contributed by atoms with Crippen LogP contribution in [-0.2, 0) is 22.6 Å². The summed E-state index contributed by atoms with van der Waals surface area (Å²) in [5.74, 6) is -0.699. The molecule has 1 atom stereocenters. The molecule has 1 aromatic heterocycles. The van der Waals surface area contributed by atoms with Gasteiger partial charge in [0.1, 0.15) is 18.4 Å². The van der Waals surface area contributed by atoms with Crippen molar-refractivity contribution in [2.24, 2.45) is 0 Å². The second kappa shape index (κ2) is 16.0. The van der Waals surface area contributed by atoms with Crippen molar-refractivity contribution in [2.75, 3.05) is 18.5 Å². The van der Waals surface area contributed by atoms with Gasteiger partial charge in [0, 0.05) is 40.7 Å². The molecule has 5 aromatic rings. The second-order valence-corrected chi connectivity index (χ2v) is 11.5. The summed E-state index contributed by atoms with van der Waals surface area (Å²) in [6, 6.07) is 35.8. The van der Waals surface area contributed by atoms with E-state index in [-0.39, 0.29) is 24.7 Å². The minimum Gasteiger partial charge on any atom is -0.492 e. The summed E-state index contributed by atoms with van der Waals surface area (Å²) in [6.45, 7) is 1.13. The third-order valence-corrected chi connectivity index (χ3v) is 8.13. The molecule has 0 saturated carbocycles. The van der Waals surface area contributed by atoms with E-state index in [1.165, 1.54) is 0 Å². The van der Waals surface area contributed by atoms with Crippen molar-refractivity contribution in [1.82, 2.24) is 4.90 Å². The number of nitrogens with zero attached hydrogens (tertiary/aromatic N) is 1. The number of carboxylic acid groups (broad SMARTS) is 1. The molecule has 46 heavy (non-hydrogen) atoms. The standard InChI is InChI=1S/C38H34N2O5S/c41-36(22-21-32-14-9-25-46-32)40(27-29-10-3-1-4-11-29)23-24-45-31-19-17-28(18-20-31)26-35(38(43)44)39-34-16-8-7-15-33(34)37(42)30-12-5-2-6-13-30/h1-22,25,35,39H,23-24,26-27H2,(H,43,44)/b22-21+/t35-/m0/s1. The molecule has 0 aliphatic heterocycles. The Bertz CT molecular complexity index is 1750. The Balaban J connectivity index is 1.19. The van der Waals surface area contributed by atoms with Crippen LogP contribution in [0.2, 0.25) is 0 Å². The molecule has 0 aliphatic carbocycles. The molecule has 5 rings (SSSR count). The molecular formula is C38H34N2O5S. The fourth-order valence-corrected chi connectivity index (χ4v) is 5.50. The lowest BCUT2D eigenvalue weighted by molar-refractivity contribution is -0.137. The Morgan fingerprint density at radius 3 is 2.20 bits per heavy atom. The molecule has 0 radical (unpaired) electrons. The van der Waals surface area contributed by atoms with Crippen molar-refractivity contribution < 1.29 is 24.2 Å². The van der Waals surface area contributed by atoms with Gasteiger partial charge in [-0.05, 0) is 52.9 Å². The number of nitrogens with one attached hydrogen (secondary N) is 1. The number of amides is 1. The Kier molecular flexibility index (Phi) is 11.1. The molecule has 1 heterocycles. The van der Waals surface area contributed by atoms with Crippen LogP contribution in [0.5, 0.6) is 5.75 Å². The van der Waals surface area contributed by atoms with Gasteiger partial charge >= 0.3 is 5.97 Å². The van der Waals surface area contributed by atoms with Crippen LogP contribution in [0.15, 0.2) is 133 Å². The number of hydrogen-bond acceptors (Lipinski definition) is 6. The highest BCUT2D eigenvalue weighted by Crippen LogP contribution is 2.22. The Labute approximate surface area is 272 Å². The SMILES string of the molecule is O=C(c1ccccc1)c1ccccc1N[C@@H](Cc1ccc(OCCN(Cc2ccccc2)C(=O)/C=C/c2cccs2)cc1)C(=O)O. The van der Waals surface area contributed by atoms with Crippen LogP contribution in [0.25, 0.3) is 6.08 Å². The molecule has 0 bridgehead atoms. The fourth-order valence-electron chi connectivity index (χ4n) is 4.89. The number of rotatable bonds is 15. The fraction of sp³-hybridized carbons (Fsp3) is 0.132. The minimum absolute atomic E-state index is 0.101. The highest BCUT2D eigenvalue weighted by atomic mass is 32.1. The lowest BCUT2D eigenvalue weighted by Crippen LogP contribution is -2.33. The lowest BCUT2D eigenvalue weighted by Gasteiger charge is -2.22. The maximum atomic E-state index is 13.1. The number of benzene rings is 4. The Hall–Kier alpha value is -5.47. The second-order valence-electron chi connectivity index (χ2n) is 10.6. The number of aliphatic carboxylic acids is 1. The first-order valence-corrected chi connectivity index (χ1v) is 15.8. The average Bonchev–Trinajstić information content (AvgIpc) is 3.62. The first-order valence-electron chi connectivity index (χ1n) is 14.9. The van der Waals surface area contributed by atoms with Crippen LogP contribution < -0.4 is 10.1 Å². The van der Waals surface area contributed by atoms with E-state index in [0.717, 1.165) is 16.0 Å². The molecule has 4 aromatic carbocycles. The van der Waals surface area contributed by atoms with Crippen LogP contribution in [0, 0.1) is 0 Å². The topological polar surface area (TPSA) is 95.9 Å². The van der Waals surface area contributed by atoms with Crippen molar-refractivity contribution in [3.63, 3.8) is 0 Å². The predicted octanol–water partition coefficient (Wildman–Crippen LogP) is 7.21. The lowest BCUT2D eigenvalue weighted by atomic mass is 10.00. The molecule has 8 heteroatoms. The first kappa shape index (κ1) is 31.9. The summed E-state index contributed by atoms with van der Waals surface area (Å²) in [5, 5.41) is 15.0. The zero-order valence-corrected chi connectivity index (χ0v) is 25.9. The molecule has 0 aliphatic rings. The van der Waals surface area contributed by atoms with Crippen LogP contribution >= 0.6 is 11.3 Å². The van der Waals surface area contributed by atoms with Gasteiger partial charge in [0.2, 0.25) is 5.91 Å². The van der Waals surface area contributed by atoms with E-state index in [1.807, 2.05) is 72.1 Å². The smallest absolute Gasteiger partial charge is 0.326 e. The molecule has 1 amide bonds. The summed E-state index contributed by atoms with van der Waals surface area (Å²) in [7, 11) is 0. The number of ether oxygens (including phenoxy) is 1. The number of carbonyl (C=O) groups excluding carboxylic acids is 2. The molecular weight excluding hydrogens is 596 g/mol. The van der Waals surface area contributed by atoms with E-state index in [1.54, 1.807) is 83.0 Å². The summed E-state index contributed by atoms with van der Waals surface area (Å²) in [4.78, 5) is 41.2. The number of ketones is 1. The Morgan fingerprint density at radius 1 is 0.804 bits per heavy atom. The third kappa shape index (κ3) is 9.03. The van der Waals surface area contributed by atoms with Crippen molar-refractivity contribution in [1.29, 1.82) is 0 Å². The minimum atomic E-state index is -1.03. The zero-order chi connectivity index (χ0) is 32.1. The first-order chi connectivity index (χ1) is 22.5. The molecule has 0 saturated heterocycles. The monoisotopic (exact) mass is 630 g/mol. The van der Waals surface area contributed by atoms with Crippen LogP contribution in [-0.4, -0.2) is 46.9 Å².